The second-order valence-corrected chi connectivity index (χ2v) is 4.73. The number of likely N-dealkylation sites (tertiary alicyclic amines) is 1. The number of β-amino-alcohol motifs (C(OH)–C–C–N with tert-alkyl or cyclic N) is 1. The maximum atomic E-state index is 9.50. The van der Waals surface area contributed by atoms with E-state index < -0.39 is 0 Å². The Bertz CT molecular complexity index is 526. The van der Waals surface area contributed by atoms with Crippen LogP contribution in [-0.2, 0) is 6.54 Å². The summed E-state index contributed by atoms with van der Waals surface area (Å²) in [5.41, 5.74) is 1.30. The second-order valence-electron chi connectivity index (χ2n) is 4.73. The van der Waals surface area contributed by atoms with Gasteiger partial charge in [0.05, 0.1) is 6.10 Å². The first-order valence-corrected chi connectivity index (χ1v) is 6.04. The van der Waals surface area contributed by atoms with Gasteiger partial charge in [-0.1, -0.05) is 12.1 Å². The van der Waals surface area contributed by atoms with E-state index >= 15 is 0 Å². The topological polar surface area (TPSA) is 36.4 Å². The third-order valence-electron chi connectivity index (χ3n) is 3.36. The largest absolute Gasteiger partial charge is 0.392 e. The monoisotopic (exact) mass is 228 g/mol. The summed E-state index contributed by atoms with van der Waals surface area (Å²) >= 11 is 0. The maximum Gasteiger partial charge on any atom is 0.0679 e. The molecule has 2 heterocycles. The van der Waals surface area contributed by atoms with Crippen molar-refractivity contribution < 1.29 is 5.11 Å². The van der Waals surface area contributed by atoms with Gasteiger partial charge in [0.2, 0.25) is 0 Å². The summed E-state index contributed by atoms with van der Waals surface area (Å²) in [5, 5.41) is 11.9. The molecule has 2 aromatic rings. The lowest BCUT2D eigenvalue weighted by atomic mass is 10.1. The average molecular weight is 228 g/mol. The number of nitrogens with zero attached hydrogens (tertiary/aromatic N) is 2. The summed E-state index contributed by atoms with van der Waals surface area (Å²) < 4.78 is 0. The highest BCUT2D eigenvalue weighted by molar-refractivity contribution is 5.81. The van der Waals surface area contributed by atoms with Gasteiger partial charge in [-0.3, -0.25) is 9.88 Å². The van der Waals surface area contributed by atoms with Crippen molar-refractivity contribution in [1.29, 1.82) is 0 Å². The lowest BCUT2D eigenvalue weighted by Crippen LogP contribution is -2.21. The predicted molar refractivity (Wildman–Crippen MR) is 67.6 cm³/mol. The van der Waals surface area contributed by atoms with E-state index in [4.69, 9.17) is 0 Å². The van der Waals surface area contributed by atoms with Crippen molar-refractivity contribution in [2.24, 2.45) is 0 Å². The first-order valence-electron chi connectivity index (χ1n) is 6.04. The molecule has 1 aromatic carbocycles. The van der Waals surface area contributed by atoms with E-state index in [1.807, 2.05) is 18.5 Å². The van der Waals surface area contributed by atoms with Crippen molar-refractivity contribution in [2.45, 2.75) is 19.1 Å². The average Bonchev–Trinajstić information content (AvgIpc) is 2.75. The molecule has 0 unspecified atom stereocenters. The summed E-state index contributed by atoms with van der Waals surface area (Å²) in [6, 6.07) is 8.51. The molecular weight excluding hydrogens is 212 g/mol. The van der Waals surface area contributed by atoms with Gasteiger partial charge in [-0.15, -0.1) is 0 Å². The number of pyridine rings is 1. The van der Waals surface area contributed by atoms with E-state index in [-0.39, 0.29) is 6.10 Å². The van der Waals surface area contributed by atoms with Crippen LogP contribution in [0.2, 0.25) is 0 Å². The van der Waals surface area contributed by atoms with E-state index in [1.165, 1.54) is 16.3 Å². The molecule has 1 aliphatic rings. The van der Waals surface area contributed by atoms with Crippen LogP contribution >= 0.6 is 0 Å². The molecule has 3 nitrogen and oxygen atoms in total. The minimum atomic E-state index is -0.139. The first-order chi connectivity index (χ1) is 8.31. The molecule has 0 aliphatic carbocycles. The quantitative estimate of drug-likeness (QED) is 0.851. The third kappa shape index (κ3) is 2.30. The van der Waals surface area contributed by atoms with Crippen LogP contribution in [0.15, 0.2) is 36.7 Å². The molecule has 1 fully saturated rings. The minimum absolute atomic E-state index is 0.139. The third-order valence-corrected chi connectivity index (χ3v) is 3.36. The lowest BCUT2D eigenvalue weighted by molar-refractivity contribution is 0.175. The van der Waals surface area contributed by atoms with Crippen LogP contribution in [-0.4, -0.2) is 34.2 Å². The fourth-order valence-electron chi connectivity index (χ4n) is 2.45. The molecule has 1 saturated heterocycles. The maximum absolute atomic E-state index is 9.50. The molecule has 1 aliphatic heterocycles. The predicted octanol–water partition coefficient (Wildman–Crippen LogP) is 1.80. The summed E-state index contributed by atoms with van der Waals surface area (Å²) in [5.74, 6) is 0. The number of aromatic nitrogens is 1. The normalized spacial score (nSPS) is 21.1. The smallest absolute Gasteiger partial charge is 0.0679 e. The fraction of sp³-hybridized carbons (Fsp3) is 0.357. The first kappa shape index (κ1) is 10.7. The van der Waals surface area contributed by atoms with Crippen molar-refractivity contribution in [2.75, 3.05) is 13.1 Å². The van der Waals surface area contributed by atoms with Crippen LogP contribution in [0.3, 0.4) is 0 Å². The summed E-state index contributed by atoms with van der Waals surface area (Å²) in [6.07, 6.45) is 4.47. The van der Waals surface area contributed by atoms with Crippen LogP contribution in [0.25, 0.3) is 10.8 Å². The SMILES string of the molecule is O[C@H]1CCN(Cc2ccc3cnccc3c2)C1. The number of fused-ring (bicyclic) bond motifs is 1. The molecule has 0 spiro atoms. The zero-order valence-corrected chi connectivity index (χ0v) is 9.71. The number of aliphatic hydroxyl groups excluding tert-OH is 1. The van der Waals surface area contributed by atoms with Gasteiger partial charge in [-0.25, -0.2) is 0 Å². The van der Waals surface area contributed by atoms with Gasteiger partial charge < -0.3 is 5.11 Å². The van der Waals surface area contributed by atoms with Crippen LogP contribution in [0.4, 0.5) is 0 Å². The van der Waals surface area contributed by atoms with Crippen molar-refractivity contribution >= 4 is 10.8 Å². The van der Waals surface area contributed by atoms with Crippen LogP contribution in [0.5, 0.6) is 0 Å². The Morgan fingerprint density at radius 3 is 3.06 bits per heavy atom. The molecular formula is C14H16N2O. The fourth-order valence-corrected chi connectivity index (χ4v) is 2.45. The van der Waals surface area contributed by atoms with E-state index in [0.717, 1.165) is 26.1 Å². The van der Waals surface area contributed by atoms with Crippen LogP contribution in [0.1, 0.15) is 12.0 Å². The molecule has 1 atom stereocenters. The van der Waals surface area contributed by atoms with Gasteiger partial charge in [0.1, 0.15) is 0 Å². The molecule has 3 rings (SSSR count). The highest BCUT2D eigenvalue weighted by Gasteiger charge is 2.19. The highest BCUT2D eigenvalue weighted by Crippen LogP contribution is 2.18. The van der Waals surface area contributed by atoms with Gasteiger partial charge in [-0.05, 0) is 29.5 Å². The second kappa shape index (κ2) is 4.43. The van der Waals surface area contributed by atoms with Crippen molar-refractivity contribution in [3.8, 4) is 0 Å². The van der Waals surface area contributed by atoms with Crippen LogP contribution < -0.4 is 0 Å². The van der Waals surface area contributed by atoms with Crippen molar-refractivity contribution in [3.63, 3.8) is 0 Å². The van der Waals surface area contributed by atoms with Gasteiger partial charge in [0, 0.05) is 37.4 Å². The van der Waals surface area contributed by atoms with Gasteiger partial charge in [0.15, 0.2) is 0 Å². The molecule has 0 bridgehead atoms. The number of hydrogen-bond donors (Lipinski definition) is 1. The Labute approximate surface area is 101 Å². The van der Waals surface area contributed by atoms with Crippen molar-refractivity contribution in [1.82, 2.24) is 9.88 Å². The number of aliphatic hydroxyl groups is 1. The Morgan fingerprint density at radius 1 is 1.29 bits per heavy atom. The highest BCUT2D eigenvalue weighted by atomic mass is 16.3. The Morgan fingerprint density at radius 2 is 2.24 bits per heavy atom. The van der Waals surface area contributed by atoms with Crippen LogP contribution in [0, 0.1) is 0 Å². The van der Waals surface area contributed by atoms with Crippen molar-refractivity contribution in [3.05, 3.63) is 42.2 Å². The standard InChI is InChI=1S/C14H16N2O/c17-14-4-6-16(10-14)9-11-1-2-13-8-15-5-3-12(13)7-11/h1-3,5,7-8,14,17H,4,6,9-10H2/t14-/m0/s1. The minimum Gasteiger partial charge on any atom is -0.392 e. The molecule has 88 valence electrons. The lowest BCUT2D eigenvalue weighted by Gasteiger charge is -2.15. The molecule has 0 radical (unpaired) electrons. The van der Waals surface area contributed by atoms with Gasteiger partial charge in [0.25, 0.3) is 0 Å². The molecule has 0 amide bonds. The molecule has 0 saturated carbocycles. The summed E-state index contributed by atoms with van der Waals surface area (Å²) in [7, 11) is 0. The van der Waals surface area contributed by atoms with E-state index in [9.17, 15) is 5.11 Å². The molecule has 1 aromatic heterocycles. The van der Waals surface area contributed by atoms with Gasteiger partial charge >= 0.3 is 0 Å². The Hall–Kier alpha value is -1.45. The number of rotatable bonds is 2. The molecule has 17 heavy (non-hydrogen) atoms. The van der Waals surface area contributed by atoms with E-state index in [0.29, 0.717) is 0 Å². The number of benzene rings is 1. The van der Waals surface area contributed by atoms with Gasteiger partial charge in [-0.2, -0.15) is 0 Å². The Kier molecular flexibility index (Phi) is 2.79. The number of hydrogen-bond acceptors (Lipinski definition) is 3. The molecule has 3 heteroatoms. The zero-order valence-electron chi connectivity index (χ0n) is 9.71. The van der Waals surface area contributed by atoms with E-state index in [2.05, 4.69) is 28.1 Å². The Balaban J connectivity index is 1.81. The van der Waals surface area contributed by atoms with E-state index in [1.54, 1.807) is 0 Å². The summed E-state index contributed by atoms with van der Waals surface area (Å²) in [4.78, 5) is 6.41. The summed E-state index contributed by atoms with van der Waals surface area (Å²) in [6.45, 7) is 2.72. The zero-order chi connectivity index (χ0) is 11.7. The molecule has 1 N–H and O–H groups in total.